The summed E-state index contributed by atoms with van der Waals surface area (Å²) in [6.45, 7) is 1.92. The average Bonchev–Trinajstić information content (AvgIpc) is 3.11. The molecule has 1 heterocycles. The van der Waals surface area contributed by atoms with Gasteiger partial charge < -0.3 is 4.74 Å². The predicted octanol–water partition coefficient (Wildman–Crippen LogP) is 3.80. The number of amides is 1. The van der Waals surface area contributed by atoms with Gasteiger partial charge in [0.05, 0.1) is 7.11 Å². The van der Waals surface area contributed by atoms with Crippen LogP contribution in [-0.2, 0) is 0 Å². The maximum Gasteiger partial charge on any atom is 0.260 e. The number of anilines is 1. The number of hydrogen-bond acceptors (Lipinski definition) is 5. The molecule has 0 spiro atoms. The summed E-state index contributed by atoms with van der Waals surface area (Å²) in [6, 6.07) is 15.1. The minimum atomic E-state index is -0.0921. The Labute approximate surface area is 144 Å². The number of benzene rings is 2. The first kappa shape index (κ1) is 16.1. The van der Waals surface area contributed by atoms with Crippen molar-refractivity contribution in [2.45, 2.75) is 6.92 Å². The van der Waals surface area contributed by atoms with Crippen molar-refractivity contribution >= 4 is 22.4 Å². The lowest BCUT2D eigenvalue weighted by atomic mass is 10.1. The molecule has 0 saturated heterocycles. The smallest absolute Gasteiger partial charge is 0.260 e. The van der Waals surface area contributed by atoms with Gasteiger partial charge in [-0.1, -0.05) is 29.5 Å². The van der Waals surface area contributed by atoms with Gasteiger partial charge in [0.25, 0.3) is 5.91 Å². The molecule has 122 valence electrons. The van der Waals surface area contributed by atoms with Gasteiger partial charge in [0.15, 0.2) is 0 Å². The van der Waals surface area contributed by atoms with E-state index in [1.54, 1.807) is 14.2 Å². The molecular formula is C18H17N3O2S. The number of methoxy groups -OCH3 is 1. The van der Waals surface area contributed by atoms with Crippen molar-refractivity contribution in [1.29, 1.82) is 0 Å². The lowest BCUT2D eigenvalue weighted by Crippen LogP contribution is -2.26. The molecule has 0 N–H and O–H groups in total. The topological polar surface area (TPSA) is 55.3 Å². The van der Waals surface area contributed by atoms with Crippen LogP contribution in [0, 0.1) is 6.92 Å². The maximum atomic E-state index is 12.6. The highest BCUT2D eigenvalue weighted by atomic mass is 32.1. The summed E-state index contributed by atoms with van der Waals surface area (Å²) in [5.74, 6) is 0.695. The van der Waals surface area contributed by atoms with Gasteiger partial charge in [-0.2, -0.15) is 0 Å². The van der Waals surface area contributed by atoms with Crippen LogP contribution < -0.4 is 9.64 Å². The third-order valence-electron chi connectivity index (χ3n) is 3.72. The molecule has 24 heavy (non-hydrogen) atoms. The fourth-order valence-electron chi connectivity index (χ4n) is 2.28. The van der Waals surface area contributed by atoms with Gasteiger partial charge >= 0.3 is 0 Å². The van der Waals surface area contributed by atoms with Crippen LogP contribution in [0.25, 0.3) is 10.6 Å². The van der Waals surface area contributed by atoms with Gasteiger partial charge in [-0.05, 0) is 42.8 Å². The first-order valence-corrected chi connectivity index (χ1v) is 8.23. The molecule has 5 nitrogen and oxygen atoms in total. The summed E-state index contributed by atoms with van der Waals surface area (Å²) in [6.07, 6.45) is 0. The van der Waals surface area contributed by atoms with Crippen LogP contribution in [0.3, 0.4) is 0 Å². The quantitative estimate of drug-likeness (QED) is 0.725. The molecule has 0 aliphatic carbocycles. The fourth-order valence-corrected chi connectivity index (χ4v) is 3.09. The van der Waals surface area contributed by atoms with E-state index in [9.17, 15) is 4.79 Å². The number of aromatic nitrogens is 2. The Bertz CT molecular complexity index is 859. The number of carbonyl (C=O) groups is 1. The van der Waals surface area contributed by atoms with Crippen LogP contribution in [0.5, 0.6) is 5.75 Å². The van der Waals surface area contributed by atoms with E-state index in [0.29, 0.717) is 10.7 Å². The summed E-state index contributed by atoms with van der Waals surface area (Å²) in [4.78, 5) is 14.2. The molecule has 0 fully saturated rings. The van der Waals surface area contributed by atoms with Crippen molar-refractivity contribution in [2.24, 2.45) is 0 Å². The van der Waals surface area contributed by atoms with Crippen molar-refractivity contribution in [1.82, 2.24) is 10.2 Å². The van der Waals surface area contributed by atoms with Crippen LogP contribution in [0.15, 0.2) is 48.5 Å². The SMILES string of the molecule is COc1ccc(-c2nnc(N(C)C(=O)c3ccccc3C)s2)cc1. The molecular weight excluding hydrogens is 322 g/mol. The molecule has 1 aromatic heterocycles. The zero-order valence-corrected chi connectivity index (χ0v) is 14.5. The third kappa shape index (κ3) is 3.14. The van der Waals surface area contributed by atoms with E-state index in [1.807, 2.05) is 55.5 Å². The lowest BCUT2D eigenvalue weighted by Gasteiger charge is -2.14. The number of nitrogens with zero attached hydrogens (tertiary/aromatic N) is 3. The molecule has 0 atom stereocenters. The van der Waals surface area contributed by atoms with Gasteiger partial charge in [-0.25, -0.2) is 0 Å². The first-order chi connectivity index (χ1) is 11.6. The van der Waals surface area contributed by atoms with E-state index in [4.69, 9.17) is 4.74 Å². The predicted molar refractivity (Wildman–Crippen MR) is 95.8 cm³/mol. The van der Waals surface area contributed by atoms with Crippen molar-refractivity contribution in [2.75, 3.05) is 19.1 Å². The summed E-state index contributed by atoms with van der Waals surface area (Å²) in [7, 11) is 3.34. The lowest BCUT2D eigenvalue weighted by molar-refractivity contribution is 0.0992. The van der Waals surface area contributed by atoms with Crippen molar-refractivity contribution in [3.63, 3.8) is 0 Å². The Morgan fingerprint density at radius 2 is 1.79 bits per heavy atom. The highest BCUT2D eigenvalue weighted by molar-refractivity contribution is 7.18. The minimum Gasteiger partial charge on any atom is -0.497 e. The Morgan fingerprint density at radius 1 is 1.08 bits per heavy atom. The summed E-state index contributed by atoms with van der Waals surface area (Å²) in [5, 5.41) is 9.67. The third-order valence-corrected chi connectivity index (χ3v) is 4.77. The number of aryl methyl sites for hydroxylation is 1. The van der Waals surface area contributed by atoms with E-state index < -0.39 is 0 Å². The molecule has 0 radical (unpaired) electrons. The van der Waals surface area contributed by atoms with Crippen LogP contribution >= 0.6 is 11.3 Å². The summed E-state index contributed by atoms with van der Waals surface area (Å²) < 4.78 is 5.15. The second-order valence-corrected chi connectivity index (χ2v) is 6.25. The number of carbonyl (C=O) groups excluding carboxylic acids is 1. The zero-order chi connectivity index (χ0) is 17.1. The Morgan fingerprint density at radius 3 is 2.46 bits per heavy atom. The zero-order valence-electron chi connectivity index (χ0n) is 13.7. The minimum absolute atomic E-state index is 0.0921. The Kier molecular flexibility index (Phi) is 4.57. The molecule has 3 rings (SSSR count). The molecule has 0 saturated carbocycles. The summed E-state index contributed by atoms with van der Waals surface area (Å²) >= 11 is 1.38. The maximum absolute atomic E-state index is 12.6. The van der Waals surface area contributed by atoms with E-state index in [2.05, 4.69) is 10.2 Å². The second kappa shape index (κ2) is 6.80. The molecule has 6 heteroatoms. The molecule has 0 aliphatic rings. The van der Waals surface area contributed by atoms with Gasteiger partial charge in [-0.15, -0.1) is 10.2 Å². The van der Waals surface area contributed by atoms with Gasteiger partial charge in [0.2, 0.25) is 5.13 Å². The van der Waals surface area contributed by atoms with E-state index in [-0.39, 0.29) is 5.91 Å². The van der Waals surface area contributed by atoms with Crippen LogP contribution in [0.4, 0.5) is 5.13 Å². The average molecular weight is 339 g/mol. The van der Waals surface area contributed by atoms with E-state index >= 15 is 0 Å². The van der Waals surface area contributed by atoms with Crippen LogP contribution in [0.1, 0.15) is 15.9 Å². The normalized spacial score (nSPS) is 10.5. The van der Waals surface area contributed by atoms with Crippen molar-refractivity contribution in [3.05, 3.63) is 59.7 Å². The fraction of sp³-hybridized carbons (Fsp3) is 0.167. The molecule has 2 aromatic carbocycles. The van der Waals surface area contributed by atoms with Gasteiger partial charge in [0.1, 0.15) is 10.8 Å². The number of ether oxygens (including phenoxy) is 1. The highest BCUT2D eigenvalue weighted by Gasteiger charge is 2.19. The van der Waals surface area contributed by atoms with Crippen molar-refractivity contribution < 1.29 is 9.53 Å². The molecule has 0 aliphatic heterocycles. The summed E-state index contributed by atoms with van der Waals surface area (Å²) in [5.41, 5.74) is 2.55. The largest absolute Gasteiger partial charge is 0.497 e. The van der Waals surface area contributed by atoms with Gasteiger partial charge in [-0.3, -0.25) is 9.69 Å². The van der Waals surface area contributed by atoms with Crippen LogP contribution in [0.2, 0.25) is 0 Å². The van der Waals surface area contributed by atoms with Gasteiger partial charge in [0, 0.05) is 18.2 Å². The Hall–Kier alpha value is -2.73. The standard InChI is InChI=1S/C18H17N3O2S/c1-12-6-4-5-7-15(12)17(22)21(2)18-20-19-16(24-18)13-8-10-14(23-3)11-9-13/h4-11H,1-3H3. The van der Waals surface area contributed by atoms with Crippen molar-refractivity contribution in [3.8, 4) is 16.3 Å². The van der Waals surface area contributed by atoms with Crippen LogP contribution in [-0.4, -0.2) is 30.3 Å². The molecule has 0 bridgehead atoms. The number of hydrogen-bond donors (Lipinski definition) is 0. The number of rotatable bonds is 4. The van der Waals surface area contributed by atoms with E-state index in [1.165, 1.54) is 16.2 Å². The monoisotopic (exact) mass is 339 g/mol. The highest BCUT2D eigenvalue weighted by Crippen LogP contribution is 2.30. The molecule has 3 aromatic rings. The Balaban J connectivity index is 1.84. The molecule has 0 unspecified atom stereocenters. The second-order valence-electron chi connectivity index (χ2n) is 5.30. The molecule has 1 amide bonds. The first-order valence-electron chi connectivity index (χ1n) is 7.42. The van der Waals surface area contributed by atoms with E-state index in [0.717, 1.165) is 21.9 Å².